The Kier molecular flexibility index (Phi) is 7.45. The zero-order valence-corrected chi connectivity index (χ0v) is 12.6. The summed E-state index contributed by atoms with van der Waals surface area (Å²) in [6.07, 6.45) is 4.15. The third-order valence-electron chi connectivity index (χ3n) is 3.49. The summed E-state index contributed by atoms with van der Waals surface area (Å²) in [5, 5.41) is 3.38. The third-order valence-corrected chi connectivity index (χ3v) is 3.49. The van der Waals surface area contributed by atoms with E-state index in [1.807, 2.05) is 12.3 Å². The highest BCUT2D eigenvalue weighted by Crippen LogP contribution is 2.20. The summed E-state index contributed by atoms with van der Waals surface area (Å²) in [5.41, 5.74) is 1.24. The van der Waals surface area contributed by atoms with Crippen molar-refractivity contribution >= 4 is 5.82 Å². The van der Waals surface area contributed by atoms with E-state index in [4.69, 9.17) is 4.74 Å². The van der Waals surface area contributed by atoms with Crippen LogP contribution in [-0.4, -0.2) is 38.3 Å². The van der Waals surface area contributed by atoms with Gasteiger partial charge in [0.1, 0.15) is 5.82 Å². The number of ether oxygens (including phenoxy) is 1. The van der Waals surface area contributed by atoms with Gasteiger partial charge in [0.05, 0.1) is 6.61 Å². The zero-order valence-electron chi connectivity index (χ0n) is 12.6. The van der Waals surface area contributed by atoms with Gasteiger partial charge in [-0.05, 0) is 18.9 Å². The Morgan fingerprint density at radius 1 is 1.37 bits per heavy atom. The molecule has 1 rings (SSSR count). The summed E-state index contributed by atoms with van der Waals surface area (Å²) in [6, 6.07) is 4.69. The molecular weight excluding hydrogens is 238 g/mol. The van der Waals surface area contributed by atoms with Crippen LogP contribution in [0.3, 0.4) is 0 Å². The molecule has 4 heteroatoms. The van der Waals surface area contributed by atoms with Gasteiger partial charge in [0.25, 0.3) is 0 Å². The minimum Gasteiger partial charge on any atom is -0.383 e. The predicted molar refractivity (Wildman–Crippen MR) is 80.6 cm³/mol. The van der Waals surface area contributed by atoms with Crippen LogP contribution in [0.1, 0.15) is 32.3 Å². The zero-order chi connectivity index (χ0) is 14.1. The Bertz CT molecular complexity index is 353. The van der Waals surface area contributed by atoms with E-state index in [1.165, 1.54) is 5.56 Å². The van der Waals surface area contributed by atoms with Gasteiger partial charge < -0.3 is 15.0 Å². The Labute approximate surface area is 117 Å². The fourth-order valence-electron chi connectivity index (χ4n) is 2.29. The number of anilines is 1. The fraction of sp³-hybridized carbons (Fsp3) is 0.667. The molecule has 0 aliphatic heterocycles. The van der Waals surface area contributed by atoms with Crippen molar-refractivity contribution in [1.82, 2.24) is 10.3 Å². The summed E-state index contributed by atoms with van der Waals surface area (Å²) in [5.74, 6) is 1.08. The summed E-state index contributed by atoms with van der Waals surface area (Å²) in [7, 11) is 3.86. The van der Waals surface area contributed by atoms with Crippen molar-refractivity contribution in [1.29, 1.82) is 0 Å². The maximum absolute atomic E-state index is 5.04. The first-order chi connectivity index (χ1) is 9.24. The molecule has 0 atom stereocenters. The number of rotatable bonds is 9. The molecule has 1 heterocycles. The van der Waals surface area contributed by atoms with Gasteiger partial charge in [-0.2, -0.15) is 0 Å². The number of nitrogens with one attached hydrogen (secondary N) is 1. The molecule has 1 aromatic heterocycles. The Morgan fingerprint density at radius 2 is 2.11 bits per heavy atom. The molecule has 4 nitrogen and oxygen atoms in total. The second kappa shape index (κ2) is 8.88. The van der Waals surface area contributed by atoms with E-state index in [-0.39, 0.29) is 0 Å². The first-order valence-corrected chi connectivity index (χ1v) is 7.10. The third kappa shape index (κ3) is 4.80. The number of methoxy groups -OCH3 is 1. The van der Waals surface area contributed by atoms with Crippen LogP contribution < -0.4 is 10.2 Å². The molecule has 0 aliphatic carbocycles. The van der Waals surface area contributed by atoms with Crippen molar-refractivity contribution in [2.75, 3.05) is 32.2 Å². The van der Waals surface area contributed by atoms with Crippen LogP contribution >= 0.6 is 0 Å². The molecule has 1 aromatic rings. The van der Waals surface area contributed by atoms with Crippen molar-refractivity contribution in [3.05, 3.63) is 23.9 Å². The molecule has 1 N–H and O–H groups in total. The van der Waals surface area contributed by atoms with Crippen molar-refractivity contribution < 1.29 is 4.74 Å². The van der Waals surface area contributed by atoms with E-state index < -0.39 is 0 Å². The number of nitrogens with zero attached hydrogens (tertiary/aromatic N) is 2. The van der Waals surface area contributed by atoms with Gasteiger partial charge >= 0.3 is 0 Å². The quantitative estimate of drug-likeness (QED) is 0.696. The Morgan fingerprint density at radius 3 is 2.74 bits per heavy atom. The number of aromatic nitrogens is 1. The van der Waals surface area contributed by atoms with Gasteiger partial charge in [-0.3, -0.25) is 0 Å². The van der Waals surface area contributed by atoms with Crippen molar-refractivity contribution in [2.24, 2.45) is 0 Å². The van der Waals surface area contributed by atoms with Crippen LogP contribution in [0.2, 0.25) is 0 Å². The lowest BCUT2D eigenvalue weighted by Gasteiger charge is -2.29. The summed E-state index contributed by atoms with van der Waals surface area (Å²) in [4.78, 5) is 6.85. The first-order valence-electron chi connectivity index (χ1n) is 7.10. The molecule has 0 fully saturated rings. The van der Waals surface area contributed by atoms with Crippen molar-refractivity contribution in [3.8, 4) is 0 Å². The highest BCUT2D eigenvalue weighted by Gasteiger charge is 2.15. The molecule has 0 amide bonds. The second-order valence-electron chi connectivity index (χ2n) is 4.74. The van der Waals surface area contributed by atoms with Gasteiger partial charge in [0.2, 0.25) is 0 Å². The average Bonchev–Trinajstić information content (AvgIpc) is 2.45. The molecule has 0 saturated carbocycles. The summed E-state index contributed by atoms with van der Waals surface area (Å²) in [6.45, 7) is 6.88. The minimum absolute atomic E-state index is 0.549. The fourth-order valence-corrected chi connectivity index (χ4v) is 2.29. The van der Waals surface area contributed by atoms with E-state index in [9.17, 15) is 0 Å². The molecule has 0 aromatic carbocycles. The van der Waals surface area contributed by atoms with Gasteiger partial charge in [-0.25, -0.2) is 4.98 Å². The minimum atomic E-state index is 0.549. The molecule has 0 radical (unpaired) electrons. The van der Waals surface area contributed by atoms with Gasteiger partial charge in [-0.15, -0.1) is 0 Å². The lowest BCUT2D eigenvalue weighted by atomic mass is 10.1. The largest absolute Gasteiger partial charge is 0.383 e. The van der Waals surface area contributed by atoms with Crippen LogP contribution in [0.4, 0.5) is 5.82 Å². The summed E-state index contributed by atoms with van der Waals surface area (Å²) < 4.78 is 5.04. The molecule has 19 heavy (non-hydrogen) atoms. The van der Waals surface area contributed by atoms with Crippen molar-refractivity contribution in [2.45, 2.75) is 39.3 Å². The van der Waals surface area contributed by atoms with Gasteiger partial charge in [-0.1, -0.05) is 19.9 Å². The van der Waals surface area contributed by atoms with Crippen molar-refractivity contribution in [3.63, 3.8) is 0 Å². The normalized spacial score (nSPS) is 11.0. The molecule has 0 aliphatic rings. The average molecular weight is 265 g/mol. The van der Waals surface area contributed by atoms with Crippen LogP contribution in [0.5, 0.6) is 0 Å². The van der Waals surface area contributed by atoms with E-state index >= 15 is 0 Å². The topological polar surface area (TPSA) is 37.4 Å². The van der Waals surface area contributed by atoms with Crippen LogP contribution in [0, 0.1) is 0 Å². The standard InChI is InChI=1S/C15H27N3O/c1-5-14(6-2)18(3)15-13(8-7-9-17-15)12-16-10-11-19-4/h7-9,14,16H,5-6,10-12H2,1-4H3. The van der Waals surface area contributed by atoms with E-state index in [1.54, 1.807) is 7.11 Å². The Balaban J connectivity index is 2.71. The number of hydrogen-bond donors (Lipinski definition) is 1. The highest BCUT2D eigenvalue weighted by atomic mass is 16.5. The lowest BCUT2D eigenvalue weighted by Crippen LogP contribution is -2.32. The number of hydrogen-bond acceptors (Lipinski definition) is 4. The molecule has 0 spiro atoms. The highest BCUT2D eigenvalue weighted by molar-refractivity contribution is 5.46. The van der Waals surface area contributed by atoms with Crippen LogP contribution in [0.25, 0.3) is 0 Å². The van der Waals surface area contributed by atoms with E-state index in [0.717, 1.165) is 38.4 Å². The molecule has 0 unspecified atom stereocenters. The van der Waals surface area contributed by atoms with Gasteiger partial charge in [0.15, 0.2) is 0 Å². The van der Waals surface area contributed by atoms with Crippen LogP contribution in [-0.2, 0) is 11.3 Å². The second-order valence-corrected chi connectivity index (χ2v) is 4.74. The smallest absolute Gasteiger partial charge is 0.132 e. The van der Waals surface area contributed by atoms with E-state index in [2.05, 4.69) is 42.2 Å². The maximum atomic E-state index is 5.04. The van der Waals surface area contributed by atoms with Crippen LogP contribution in [0.15, 0.2) is 18.3 Å². The molecule has 0 saturated heterocycles. The number of pyridine rings is 1. The Hall–Kier alpha value is -1.13. The van der Waals surface area contributed by atoms with Gasteiger partial charge in [0, 0.05) is 45.0 Å². The monoisotopic (exact) mass is 265 g/mol. The van der Waals surface area contributed by atoms with E-state index in [0.29, 0.717) is 6.04 Å². The molecule has 0 bridgehead atoms. The predicted octanol–water partition coefficient (Wildman–Crippen LogP) is 2.44. The lowest BCUT2D eigenvalue weighted by molar-refractivity contribution is 0.199. The SMILES string of the molecule is CCC(CC)N(C)c1ncccc1CNCCOC. The summed E-state index contributed by atoms with van der Waals surface area (Å²) >= 11 is 0. The first kappa shape index (κ1) is 15.9. The maximum Gasteiger partial charge on any atom is 0.132 e. The molecule has 108 valence electrons. The molecular formula is C15H27N3O.